The van der Waals surface area contributed by atoms with E-state index in [1.807, 2.05) is 0 Å². The van der Waals surface area contributed by atoms with Crippen molar-refractivity contribution in [3.63, 3.8) is 0 Å². The van der Waals surface area contributed by atoms with Gasteiger partial charge in [-0.05, 0) is 109 Å². The summed E-state index contributed by atoms with van der Waals surface area (Å²) in [6.07, 6.45) is 86.5. The Bertz CT molecular complexity index is 1570. The minimum absolute atomic E-state index is 0.0846. The second-order valence-corrected chi connectivity index (χ2v) is 20.2. The number of rotatable bonds is 55. The zero-order valence-electron chi connectivity index (χ0n) is 48.8. The number of allylic oxidation sites excluding steroid dienone is 20. The van der Waals surface area contributed by atoms with Gasteiger partial charge in [0.2, 0.25) is 0 Å². The minimum atomic E-state index is -0.786. The maximum absolute atomic E-state index is 12.8. The second kappa shape index (κ2) is 62.4. The molecular weight excluding hydrogens is 925 g/mol. The summed E-state index contributed by atoms with van der Waals surface area (Å²) in [4.78, 5) is 38.0. The Morgan fingerprint density at radius 2 is 0.520 bits per heavy atom. The molecule has 0 aliphatic rings. The molecule has 0 aromatic rings. The van der Waals surface area contributed by atoms with Crippen LogP contribution in [0.1, 0.15) is 278 Å². The maximum Gasteiger partial charge on any atom is 0.306 e. The van der Waals surface area contributed by atoms with Crippen molar-refractivity contribution in [1.29, 1.82) is 0 Å². The van der Waals surface area contributed by atoms with Crippen LogP contribution in [0.5, 0.6) is 0 Å². The largest absolute Gasteiger partial charge is 0.462 e. The average Bonchev–Trinajstić information content (AvgIpc) is 3.41. The van der Waals surface area contributed by atoms with Crippen LogP contribution in [-0.4, -0.2) is 37.2 Å². The van der Waals surface area contributed by atoms with Crippen LogP contribution in [0.25, 0.3) is 0 Å². The zero-order valence-corrected chi connectivity index (χ0v) is 48.8. The lowest BCUT2D eigenvalue weighted by molar-refractivity contribution is -0.167. The second-order valence-electron chi connectivity index (χ2n) is 20.2. The van der Waals surface area contributed by atoms with Crippen LogP contribution in [-0.2, 0) is 28.6 Å². The molecule has 0 aliphatic heterocycles. The van der Waals surface area contributed by atoms with E-state index in [1.54, 1.807) is 0 Å². The van der Waals surface area contributed by atoms with Crippen molar-refractivity contribution in [2.45, 2.75) is 284 Å². The quantitative estimate of drug-likeness (QED) is 0.0261. The van der Waals surface area contributed by atoms with Crippen molar-refractivity contribution in [3.8, 4) is 0 Å². The van der Waals surface area contributed by atoms with E-state index in [4.69, 9.17) is 14.2 Å². The Morgan fingerprint density at radius 1 is 0.280 bits per heavy atom. The molecule has 0 fully saturated rings. The van der Waals surface area contributed by atoms with E-state index in [0.717, 1.165) is 135 Å². The van der Waals surface area contributed by atoms with Gasteiger partial charge in [0.1, 0.15) is 13.2 Å². The van der Waals surface area contributed by atoms with Crippen LogP contribution >= 0.6 is 0 Å². The van der Waals surface area contributed by atoms with Gasteiger partial charge in [0, 0.05) is 19.3 Å². The highest BCUT2D eigenvalue weighted by molar-refractivity contribution is 5.71. The van der Waals surface area contributed by atoms with Crippen molar-refractivity contribution in [1.82, 2.24) is 0 Å². The molecule has 0 spiro atoms. The molecular formula is C69H114O6. The first-order valence-electron chi connectivity index (χ1n) is 31.0. The van der Waals surface area contributed by atoms with Gasteiger partial charge in [-0.25, -0.2) is 0 Å². The van der Waals surface area contributed by atoms with Crippen LogP contribution in [0.4, 0.5) is 0 Å². The summed E-state index contributed by atoms with van der Waals surface area (Å²) in [5.41, 5.74) is 0. The first-order chi connectivity index (χ1) is 37.0. The molecule has 0 amide bonds. The fraction of sp³-hybridized carbons (Fsp3) is 0.667. The number of carbonyl (C=O) groups is 3. The minimum Gasteiger partial charge on any atom is -0.462 e. The Balaban J connectivity index is 4.14. The standard InChI is InChI=1S/C69H114O6/c1-4-7-10-13-16-18-20-22-24-26-28-29-30-31-32-33-34-35-36-37-38-39-41-42-44-46-48-50-53-56-59-62-68(71)74-65-66(64-73-67(70)61-58-55-52-15-12-9-6-3)75-69(72)63-60-57-54-51-49-47-45-43-40-27-25-23-21-19-17-14-11-8-5-2/h7-8,10-11,16-19,22-25,28-29,31-32,34-35,40,43,66H,4-6,9,12-15,20-21,26-27,30,33,36-39,41-42,44-65H2,1-3H3/b10-7-,11-8-,18-16-,19-17-,24-22-,25-23-,29-28-,32-31-,35-34-,43-40-. The van der Waals surface area contributed by atoms with Gasteiger partial charge in [-0.15, -0.1) is 0 Å². The number of unbranched alkanes of at least 4 members (excludes halogenated alkanes) is 24. The van der Waals surface area contributed by atoms with Gasteiger partial charge in [-0.1, -0.05) is 271 Å². The van der Waals surface area contributed by atoms with Gasteiger partial charge in [-0.3, -0.25) is 14.4 Å². The summed E-state index contributed by atoms with van der Waals surface area (Å²) in [5, 5.41) is 0. The number of esters is 3. The molecule has 0 radical (unpaired) electrons. The molecule has 0 aromatic carbocycles. The van der Waals surface area contributed by atoms with Gasteiger partial charge >= 0.3 is 17.9 Å². The van der Waals surface area contributed by atoms with E-state index in [2.05, 4.69) is 142 Å². The molecule has 0 heterocycles. The molecule has 0 N–H and O–H groups in total. The smallest absolute Gasteiger partial charge is 0.306 e. The number of hydrogen-bond acceptors (Lipinski definition) is 6. The van der Waals surface area contributed by atoms with Crippen LogP contribution in [0.3, 0.4) is 0 Å². The van der Waals surface area contributed by atoms with Crippen molar-refractivity contribution >= 4 is 17.9 Å². The van der Waals surface area contributed by atoms with E-state index >= 15 is 0 Å². The Labute approximate surface area is 462 Å². The van der Waals surface area contributed by atoms with Gasteiger partial charge in [0.05, 0.1) is 0 Å². The molecule has 6 nitrogen and oxygen atoms in total. The lowest BCUT2D eigenvalue weighted by Crippen LogP contribution is -2.30. The SMILES string of the molecule is CC/C=C\C/C=C\C/C=C\C/C=C\C/C=C\C/C=C\CCCCCCCCCCCCCCC(=O)OCC(COC(=O)CCCCCCCCC)OC(=O)CCCCCCCC/C=C\C/C=C\C/C=C\C/C=C\CC. The summed E-state index contributed by atoms with van der Waals surface area (Å²) in [7, 11) is 0. The molecule has 6 heteroatoms. The van der Waals surface area contributed by atoms with Crippen LogP contribution in [0.15, 0.2) is 122 Å². The average molecular weight is 1040 g/mol. The van der Waals surface area contributed by atoms with Crippen molar-refractivity contribution in [2.75, 3.05) is 13.2 Å². The predicted molar refractivity (Wildman–Crippen MR) is 325 cm³/mol. The predicted octanol–water partition coefficient (Wildman–Crippen LogP) is 21.2. The molecule has 0 aromatic heterocycles. The summed E-state index contributed by atoms with van der Waals surface area (Å²) in [6.45, 7) is 6.36. The van der Waals surface area contributed by atoms with E-state index in [1.165, 1.54) is 103 Å². The zero-order chi connectivity index (χ0) is 54.3. The molecule has 75 heavy (non-hydrogen) atoms. The van der Waals surface area contributed by atoms with E-state index in [-0.39, 0.29) is 31.1 Å². The summed E-state index contributed by atoms with van der Waals surface area (Å²) >= 11 is 0. The van der Waals surface area contributed by atoms with Crippen LogP contribution in [0.2, 0.25) is 0 Å². The van der Waals surface area contributed by atoms with Gasteiger partial charge in [0.25, 0.3) is 0 Å². The number of ether oxygens (including phenoxy) is 3. The molecule has 0 rings (SSSR count). The van der Waals surface area contributed by atoms with Gasteiger partial charge in [-0.2, -0.15) is 0 Å². The van der Waals surface area contributed by atoms with E-state index in [0.29, 0.717) is 19.3 Å². The normalized spacial score (nSPS) is 12.9. The molecule has 426 valence electrons. The summed E-state index contributed by atoms with van der Waals surface area (Å²) < 4.78 is 16.8. The molecule has 1 unspecified atom stereocenters. The number of carbonyl (C=O) groups excluding carboxylic acids is 3. The van der Waals surface area contributed by atoms with Gasteiger partial charge < -0.3 is 14.2 Å². The highest BCUT2D eigenvalue weighted by atomic mass is 16.6. The fourth-order valence-corrected chi connectivity index (χ4v) is 8.38. The molecule has 0 saturated heterocycles. The third-order valence-electron chi connectivity index (χ3n) is 13.0. The lowest BCUT2D eigenvalue weighted by atomic mass is 10.0. The molecule has 0 aliphatic carbocycles. The van der Waals surface area contributed by atoms with E-state index in [9.17, 15) is 14.4 Å². The van der Waals surface area contributed by atoms with Crippen LogP contribution < -0.4 is 0 Å². The molecule has 0 bridgehead atoms. The first-order valence-corrected chi connectivity index (χ1v) is 31.0. The maximum atomic E-state index is 12.8. The monoisotopic (exact) mass is 1040 g/mol. The Morgan fingerprint density at radius 3 is 0.813 bits per heavy atom. The van der Waals surface area contributed by atoms with Gasteiger partial charge in [0.15, 0.2) is 6.10 Å². The summed E-state index contributed by atoms with van der Waals surface area (Å²) in [5.74, 6) is -0.905. The Hall–Kier alpha value is -4.19. The molecule has 1 atom stereocenters. The van der Waals surface area contributed by atoms with Crippen molar-refractivity contribution in [3.05, 3.63) is 122 Å². The third kappa shape index (κ3) is 60.6. The number of hydrogen-bond donors (Lipinski definition) is 0. The highest BCUT2D eigenvalue weighted by Gasteiger charge is 2.19. The topological polar surface area (TPSA) is 78.9 Å². The van der Waals surface area contributed by atoms with E-state index < -0.39 is 6.10 Å². The first kappa shape index (κ1) is 70.8. The van der Waals surface area contributed by atoms with Crippen LogP contribution in [0, 0.1) is 0 Å². The fourth-order valence-electron chi connectivity index (χ4n) is 8.38. The Kier molecular flexibility index (Phi) is 58.9. The lowest BCUT2D eigenvalue weighted by Gasteiger charge is -2.18. The molecule has 0 saturated carbocycles. The van der Waals surface area contributed by atoms with Crippen molar-refractivity contribution < 1.29 is 28.6 Å². The highest BCUT2D eigenvalue weighted by Crippen LogP contribution is 2.15. The third-order valence-corrected chi connectivity index (χ3v) is 13.0. The summed E-state index contributed by atoms with van der Waals surface area (Å²) in [6, 6.07) is 0. The van der Waals surface area contributed by atoms with Crippen molar-refractivity contribution in [2.24, 2.45) is 0 Å².